The molecule has 0 saturated heterocycles. The number of aryl methyl sites for hydroxylation is 1. The van der Waals surface area contributed by atoms with Gasteiger partial charge in [-0.2, -0.15) is 0 Å². The van der Waals surface area contributed by atoms with Gasteiger partial charge in [0.2, 0.25) is 0 Å². The Labute approximate surface area is 150 Å². The average Bonchev–Trinajstić information content (AvgIpc) is 2.59. The molecule has 0 saturated carbocycles. The number of likely N-dealkylation sites (N-methyl/N-ethyl adjacent to an activating group) is 1. The van der Waals surface area contributed by atoms with Crippen molar-refractivity contribution in [2.45, 2.75) is 33.6 Å². The summed E-state index contributed by atoms with van der Waals surface area (Å²) in [5.74, 6) is 0.842. The largest absolute Gasteiger partial charge is 0.513 e. The van der Waals surface area contributed by atoms with E-state index < -0.39 is 6.16 Å². The van der Waals surface area contributed by atoms with Crippen LogP contribution < -0.4 is 9.64 Å². The van der Waals surface area contributed by atoms with Gasteiger partial charge in [0, 0.05) is 12.2 Å². The molecule has 0 aliphatic rings. The summed E-state index contributed by atoms with van der Waals surface area (Å²) >= 11 is 0. The summed E-state index contributed by atoms with van der Waals surface area (Å²) in [5, 5.41) is 0. The molecule has 0 bridgehead atoms. The van der Waals surface area contributed by atoms with Crippen LogP contribution >= 0.6 is 0 Å². The lowest BCUT2D eigenvalue weighted by atomic mass is 10.0. The SMILES string of the molecule is CCN(CCOC(=O)Oc1ccccc1C(C)C)c1cccc(C)c1. The van der Waals surface area contributed by atoms with Crippen LogP contribution in [0.1, 0.15) is 37.8 Å². The van der Waals surface area contributed by atoms with Gasteiger partial charge in [-0.15, -0.1) is 0 Å². The number of rotatable bonds is 7. The first-order valence-electron chi connectivity index (χ1n) is 8.76. The van der Waals surface area contributed by atoms with Crippen molar-refractivity contribution in [1.82, 2.24) is 0 Å². The highest BCUT2D eigenvalue weighted by Crippen LogP contribution is 2.26. The number of benzene rings is 2. The van der Waals surface area contributed by atoms with Crippen LogP contribution in [0.2, 0.25) is 0 Å². The van der Waals surface area contributed by atoms with Crippen molar-refractivity contribution in [1.29, 1.82) is 0 Å². The van der Waals surface area contributed by atoms with Gasteiger partial charge in [-0.1, -0.05) is 44.2 Å². The maximum atomic E-state index is 12.0. The minimum Gasteiger partial charge on any atom is -0.432 e. The van der Waals surface area contributed by atoms with E-state index in [-0.39, 0.29) is 12.5 Å². The van der Waals surface area contributed by atoms with Crippen LogP contribution in [-0.2, 0) is 4.74 Å². The highest BCUT2D eigenvalue weighted by atomic mass is 16.7. The molecule has 0 radical (unpaired) electrons. The van der Waals surface area contributed by atoms with Crippen LogP contribution in [0.5, 0.6) is 5.75 Å². The standard InChI is InChI=1S/C21H27NO3/c1-5-22(18-10-8-9-17(4)15-18)13-14-24-21(23)25-20-12-7-6-11-19(20)16(2)3/h6-12,15-16H,5,13-14H2,1-4H3. The molecule has 4 heteroatoms. The van der Waals surface area contributed by atoms with Crippen LogP contribution in [0.15, 0.2) is 48.5 Å². The number of carbonyl (C=O) groups is 1. The van der Waals surface area contributed by atoms with Crippen molar-refractivity contribution in [3.05, 3.63) is 59.7 Å². The Kier molecular flexibility index (Phi) is 6.87. The first-order valence-corrected chi connectivity index (χ1v) is 8.76. The zero-order chi connectivity index (χ0) is 18.2. The lowest BCUT2D eigenvalue weighted by Gasteiger charge is -2.23. The predicted molar refractivity (Wildman–Crippen MR) is 102 cm³/mol. The Balaban J connectivity index is 1.88. The van der Waals surface area contributed by atoms with E-state index in [0.717, 1.165) is 17.8 Å². The Morgan fingerprint density at radius 2 is 1.88 bits per heavy atom. The summed E-state index contributed by atoms with van der Waals surface area (Å²) < 4.78 is 10.6. The molecule has 2 rings (SSSR count). The van der Waals surface area contributed by atoms with Crippen molar-refractivity contribution in [3.8, 4) is 5.75 Å². The minimum absolute atomic E-state index is 0.279. The molecule has 0 spiro atoms. The normalized spacial score (nSPS) is 10.6. The highest BCUT2D eigenvalue weighted by molar-refractivity contribution is 5.64. The van der Waals surface area contributed by atoms with Crippen molar-refractivity contribution >= 4 is 11.8 Å². The molecule has 25 heavy (non-hydrogen) atoms. The van der Waals surface area contributed by atoms with E-state index in [4.69, 9.17) is 9.47 Å². The second-order valence-electron chi connectivity index (χ2n) is 6.31. The van der Waals surface area contributed by atoms with Crippen molar-refractivity contribution in [2.24, 2.45) is 0 Å². The van der Waals surface area contributed by atoms with Crippen LogP contribution in [0.3, 0.4) is 0 Å². The molecule has 0 aliphatic heterocycles. The zero-order valence-electron chi connectivity index (χ0n) is 15.5. The second kappa shape index (κ2) is 9.11. The molecular formula is C21H27NO3. The first-order chi connectivity index (χ1) is 12.0. The minimum atomic E-state index is -0.659. The van der Waals surface area contributed by atoms with Gasteiger partial charge in [-0.3, -0.25) is 0 Å². The number of anilines is 1. The number of nitrogens with zero attached hydrogens (tertiary/aromatic N) is 1. The van der Waals surface area contributed by atoms with Gasteiger partial charge in [-0.05, 0) is 49.1 Å². The fraction of sp³-hybridized carbons (Fsp3) is 0.381. The summed E-state index contributed by atoms with van der Waals surface area (Å²) in [4.78, 5) is 14.2. The number of carbonyl (C=O) groups excluding carboxylic acids is 1. The van der Waals surface area contributed by atoms with Crippen LogP contribution in [-0.4, -0.2) is 25.9 Å². The highest BCUT2D eigenvalue weighted by Gasteiger charge is 2.13. The van der Waals surface area contributed by atoms with Gasteiger partial charge in [0.15, 0.2) is 0 Å². The van der Waals surface area contributed by atoms with E-state index in [1.165, 1.54) is 5.56 Å². The molecule has 0 amide bonds. The maximum absolute atomic E-state index is 12.0. The maximum Gasteiger partial charge on any atom is 0.513 e. The number of ether oxygens (including phenoxy) is 2. The third-order valence-corrected chi connectivity index (χ3v) is 4.06. The van der Waals surface area contributed by atoms with Gasteiger partial charge in [0.25, 0.3) is 0 Å². The van der Waals surface area contributed by atoms with E-state index in [1.807, 2.05) is 24.3 Å². The Morgan fingerprint density at radius 3 is 2.56 bits per heavy atom. The quantitative estimate of drug-likeness (QED) is 0.515. The summed E-state index contributed by atoms with van der Waals surface area (Å²) in [5.41, 5.74) is 3.33. The average molecular weight is 341 g/mol. The van der Waals surface area contributed by atoms with E-state index in [1.54, 1.807) is 6.07 Å². The predicted octanol–water partition coefficient (Wildman–Crippen LogP) is 5.16. The van der Waals surface area contributed by atoms with E-state index >= 15 is 0 Å². The molecule has 0 unspecified atom stereocenters. The monoisotopic (exact) mass is 341 g/mol. The number of hydrogen-bond donors (Lipinski definition) is 0. The zero-order valence-corrected chi connectivity index (χ0v) is 15.5. The lowest BCUT2D eigenvalue weighted by molar-refractivity contribution is 0.101. The third-order valence-electron chi connectivity index (χ3n) is 4.06. The van der Waals surface area contributed by atoms with Crippen molar-refractivity contribution < 1.29 is 14.3 Å². The fourth-order valence-corrected chi connectivity index (χ4v) is 2.70. The fourth-order valence-electron chi connectivity index (χ4n) is 2.70. The lowest BCUT2D eigenvalue weighted by Crippen LogP contribution is -2.28. The van der Waals surface area contributed by atoms with Gasteiger partial charge in [0.1, 0.15) is 12.4 Å². The van der Waals surface area contributed by atoms with Crippen molar-refractivity contribution in [3.63, 3.8) is 0 Å². The molecule has 0 atom stereocenters. The van der Waals surface area contributed by atoms with E-state index in [9.17, 15) is 4.79 Å². The molecule has 134 valence electrons. The Hall–Kier alpha value is -2.49. The van der Waals surface area contributed by atoms with Crippen LogP contribution in [0.25, 0.3) is 0 Å². The van der Waals surface area contributed by atoms with E-state index in [2.05, 4.69) is 50.8 Å². The molecule has 0 heterocycles. The molecule has 0 aliphatic carbocycles. The first kappa shape index (κ1) is 18.8. The van der Waals surface area contributed by atoms with Gasteiger partial charge >= 0.3 is 6.16 Å². The Bertz CT molecular complexity index is 697. The van der Waals surface area contributed by atoms with Crippen LogP contribution in [0, 0.1) is 6.92 Å². The smallest absolute Gasteiger partial charge is 0.432 e. The van der Waals surface area contributed by atoms with Crippen molar-refractivity contribution in [2.75, 3.05) is 24.6 Å². The summed E-state index contributed by atoms with van der Waals surface area (Å²) in [6, 6.07) is 15.8. The summed E-state index contributed by atoms with van der Waals surface area (Å²) in [7, 11) is 0. The number of hydrogen-bond acceptors (Lipinski definition) is 4. The Morgan fingerprint density at radius 1 is 1.12 bits per heavy atom. The molecule has 2 aromatic carbocycles. The molecule has 2 aromatic rings. The molecule has 0 N–H and O–H groups in total. The van der Waals surface area contributed by atoms with Gasteiger partial charge in [0.05, 0.1) is 6.54 Å². The topological polar surface area (TPSA) is 38.8 Å². The molecular weight excluding hydrogens is 314 g/mol. The summed E-state index contributed by atoms with van der Waals surface area (Å²) in [6.07, 6.45) is -0.659. The second-order valence-corrected chi connectivity index (χ2v) is 6.31. The third kappa shape index (κ3) is 5.52. The van der Waals surface area contributed by atoms with Gasteiger partial charge < -0.3 is 14.4 Å². The van der Waals surface area contributed by atoms with E-state index in [0.29, 0.717) is 12.3 Å². The molecule has 4 nitrogen and oxygen atoms in total. The van der Waals surface area contributed by atoms with Gasteiger partial charge in [-0.25, -0.2) is 4.79 Å². The van der Waals surface area contributed by atoms with Crippen LogP contribution in [0.4, 0.5) is 10.5 Å². The number of para-hydroxylation sites is 1. The molecule has 0 fully saturated rings. The summed E-state index contributed by atoms with van der Waals surface area (Å²) in [6.45, 7) is 10.0. The molecule has 0 aromatic heterocycles.